The Morgan fingerprint density at radius 1 is 1.56 bits per heavy atom. The first-order valence-corrected chi connectivity index (χ1v) is 5.64. The van der Waals surface area contributed by atoms with Crippen molar-refractivity contribution in [3.63, 3.8) is 0 Å². The molecule has 0 saturated carbocycles. The first-order chi connectivity index (χ1) is 8.52. The van der Waals surface area contributed by atoms with Crippen LogP contribution in [0.1, 0.15) is 19.2 Å². The van der Waals surface area contributed by atoms with Crippen LogP contribution in [-0.4, -0.2) is 44.5 Å². The van der Waals surface area contributed by atoms with Gasteiger partial charge >= 0.3 is 12.0 Å². The lowest BCUT2D eigenvalue weighted by Gasteiger charge is -2.12. The number of hydrogen-bond donors (Lipinski definition) is 3. The molecule has 0 aliphatic rings. The van der Waals surface area contributed by atoms with E-state index in [0.717, 1.165) is 0 Å². The number of urea groups is 1. The molecule has 2 amide bonds. The number of aryl methyl sites for hydroxylation is 1. The van der Waals surface area contributed by atoms with E-state index in [-0.39, 0.29) is 0 Å². The van der Waals surface area contributed by atoms with Gasteiger partial charge in [0.2, 0.25) is 0 Å². The molecule has 3 N–H and O–H groups in total. The topological polar surface area (TPSA) is 109 Å². The minimum Gasteiger partial charge on any atom is -0.480 e. The highest BCUT2D eigenvalue weighted by atomic mass is 16.4. The van der Waals surface area contributed by atoms with Gasteiger partial charge in [-0.25, -0.2) is 14.6 Å². The van der Waals surface area contributed by atoms with Crippen molar-refractivity contribution in [2.24, 2.45) is 7.05 Å². The molecule has 1 aromatic rings. The summed E-state index contributed by atoms with van der Waals surface area (Å²) in [7, 11) is 1.76. The number of nitrogens with one attached hydrogen (secondary N) is 2. The van der Waals surface area contributed by atoms with Gasteiger partial charge in [0.05, 0.1) is 0 Å². The Hall–Kier alpha value is -2.12. The number of aromatic nitrogens is 3. The van der Waals surface area contributed by atoms with Gasteiger partial charge in [-0.15, -0.1) is 0 Å². The molecule has 100 valence electrons. The number of carboxylic acids is 1. The third-order valence-electron chi connectivity index (χ3n) is 2.29. The molecule has 1 heterocycles. The van der Waals surface area contributed by atoms with Gasteiger partial charge in [-0.3, -0.25) is 4.68 Å². The fourth-order valence-electron chi connectivity index (χ4n) is 1.33. The predicted octanol–water partition coefficient (Wildman–Crippen LogP) is -0.480. The normalized spacial score (nSPS) is 11.9. The molecule has 0 radical (unpaired) electrons. The molecular formula is C10H17N5O3. The number of carbonyl (C=O) groups is 2. The van der Waals surface area contributed by atoms with Crippen LogP contribution in [0.15, 0.2) is 6.33 Å². The highest BCUT2D eigenvalue weighted by molar-refractivity contribution is 5.82. The van der Waals surface area contributed by atoms with Gasteiger partial charge in [0.25, 0.3) is 0 Å². The van der Waals surface area contributed by atoms with E-state index in [4.69, 9.17) is 5.11 Å². The number of aliphatic carboxylic acids is 1. The molecule has 18 heavy (non-hydrogen) atoms. The van der Waals surface area contributed by atoms with Gasteiger partial charge in [0.1, 0.15) is 12.4 Å². The molecule has 1 aromatic heterocycles. The van der Waals surface area contributed by atoms with Crippen LogP contribution in [0.25, 0.3) is 0 Å². The fourth-order valence-corrected chi connectivity index (χ4v) is 1.33. The summed E-state index contributed by atoms with van der Waals surface area (Å²) >= 11 is 0. The number of nitrogens with zero attached hydrogens (tertiary/aromatic N) is 3. The zero-order valence-electron chi connectivity index (χ0n) is 10.4. The molecule has 0 fully saturated rings. The molecule has 0 spiro atoms. The van der Waals surface area contributed by atoms with Gasteiger partial charge in [-0.05, 0) is 6.42 Å². The number of amides is 2. The van der Waals surface area contributed by atoms with E-state index in [1.165, 1.54) is 0 Å². The average molecular weight is 255 g/mol. The minimum absolute atomic E-state index is 0.338. The zero-order chi connectivity index (χ0) is 13.5. The van der Waals surface area contributed by atoms with Crippen LogP contribution in [-0.2, 0) is 18.3 Å². The summed E-state index contributed by atoms with van der Waals surface area (Å²) in [6.07, 6.45) is 2.41. The highest BCUT2D eigenvalue weighted by Crippen LogP contribution is 1.91. The van der Waals surface area contributed by atoms with Gasteiger partial charge in [-0.1, -0.05) is 6.92 Å². The molecule has 0 aliphatic heterocycles. The second kappa shape index (κ2) is 6.58. The molecular weight excluding hydrogens is 238 g/mol. The third-order valence-corrected chi connectivity index (χ3v) is 2.29. The van der Waals surface area contributed by atoms with Gasteiger partial charge in [0.15, 0.2) is 5.82 Å². The minimum atomic E-state index is -1.04. The lowest BCUT2D eigenvalue weighted by atomic mass is 10.2. The summed E-state index contributed by atoms with van der Waals surface area (Å²) in [6.45, 7) is 2.04. The molecule has 0 unspecified atom stereocenters. The molecule has 8 heteroatoms. The Morgan fingerprint density at radius 3 is 2.78 bits per heavy atom. The van der Waals surface area contributed by atoms with E-state index >= 15 is 0 Å². The van der Waals surface area contributed by atoms with Gasteiger partial charge in [-0.2, -0.15) is 5.10 Å². The summed E-state index contributed by atoms with van der Waals surface area (Å²) in [5.41, 5.74) is 0. The number of carboxylic acid groups (broad SMARTS) is 1. The summed E-state index contributed by atoms with van der Waals surface area (Å²) in [6, 6.07) is -1.36. The first-order valence-electron chi connectivity index (χ1n) is 5.64. The molecule has 1 rings (SSSR count). The second-order valence-electron chi connectivity index (χ2n) is 3.78. The summed E-state index contributed by atoms with van der Waals surface area (Å²) in [5, 5.41) is 17.7. The van der Waals surface area contributed by atoms with E-state index in [0.29, 0.717) is 25.2 Å². The highest BCUT2D eigenvalue weighted by Gasteiger charge is 2.16. The van der Waals surface area contributed by atoms with Crippen molar-refractivity contribution in [3.05, 3.63) is 12.2 Å². The predicted molar refractivity (Wildman–Crippen MR) is 63.0 cm³/mol. The second-order valence-corrected chi connectivity index (χ2v) is 3.78. The number of hydrogen-bond acceptors (Lipinski definition) is 4. The first kappa shape index (κ1) is 13.9. The van der Waals surface area contributed by atoms with Gasteiger partial charge < -0.3 is 15.7 Å². The summed E-state index contributed by atoms with van der Waals surface area (Å²) in [5.74, 6) is -0.415. The fraction of sp³-hybridized carbons (Fsp3) is 0.600. The van der Waals surface area contributed by atoms with Crippen LogP contribution < -0.4 is 10.6 Å². The van der Waals surface area contributed by atoms with Crippen molar-refractivity contribution in [1.82, 2.24) is 25.4 Å². The standard InChI is InChI=1S/C10H17N5O3/c1-3-7(9(16)17)13-10(18)11-5-4-8-12-6-15(2)14-8/h6-7H,3-5H2,1-2H3,(H,16,17)(H2,11,13,18)/t7-/m0/s1. The van der Waals surface area contributed by atoms with Crippen LogP contribution in [0, 0.1) is 0 Å². The largest absolute Gasteiger partial charge is 0.480 e. The monoisotopic (exact) mass is 255 g/mol. The van der Waals surface area contributed by atoms with Crippen LogP contribution in [0.5, 0.6) is 0 Å². The Kier molecular flexibility index (Phi) is 5.09. The van der Waals surface area contributed by atoms with E-state index in [2.05, 4.69) is 20.7 Å². The number of rotatable bonds is 6. The lowest BCUT2D eigenvalue weighted by Crippen LogP contribution is -2.46. The zero-order valence-corrected chi connectivity index (χ0v) is 10.4. The van der Waals surface area contributed by atoms with Crippen LogP contribution in [0.3, 0.4) is 0 Å². The van der Waals surface area contributed by atoms with Crippen LogP contribution in [0.2, 0.25) is 0 Å². The number of carbonyl (C=O) groups excluding carboxylic acids is 1. The van der Waals surface area contributed by atoms with Crippen molar-refractivity contribution < 1.29 is 14.7 Å². The Labute approximate surface area is 104 Å². The molecule has 0 aromatic carbocycles. The maximum absolute atomic E-state index is 11.4. The Balaban J connectivity index is 2.26. The van der Waals surface area contributed by atoms with Crippen molar-refractivity contribution in [1.29, 1.82) is 0 Å². The smallest absolute Gasteiger partial charge is 0.326 e. The summed E-state index contributed by atoms with van der Waals surface area (Å²) in [4.78, 5) is 26.1. The third kappa shape index (κ3) is 4.40. The van der Waals surface area contributed by atoms with E-state index in [1.807, 2.05) is 0 Å². The molecule has 0 bridgehead atoms. The SMILES string of the molecule is CC[C@H](NC(=O)NCCc1ncn(C)n1)C(=O)O. The van der Waals surface area contributed by atoms with E-state index < -0.39 is 18.0 Å². The van der Waals surface area contributed by atoms with E-state index in [9.17, 15) is 9.59 Å². The quantitative estimate of drug-likeness (QED) is 0.636. The maximum Gasteiger partial charge on any atom is 0.326 e. The van der Waals surface area contributed by atoms with E-state index in [1.54, 1.807) is 25.0 Å². The van der Waals surface area contributed by atoms with Crippen LogP contribution >= 0.6 is 0 Å². The Bertz CT molecular complexity index is 417. The molecule has 0 saturated heterocycles. The Morgan fingerprint density at radius 2 is 2.28 bits per heavy atom. The van der Waals surface area contributed by atoms with Crippen molar-refractivity contribution in [2.45, 2.75) is 25.8 Å². The molecule has 0 aliphatic carbocycles. The van der Waals surface area contributed by atoms with Crippen molar-refractivity contribution >= 4 is 12.0 Å². The maximum atomic E-state index is 11.4. The van der Waals surface area contributed by atoms with Gasteiger partial charge in [0, 0.05) is 20.0 Å². The van der Waals surface area contributed by atoms with Crippen LogP contribution in [0.4, 0.5) is 4.79 Å². The molecule has 1 atom stereocenters. The average Bonchev–Trinajstić information content (AvgIpc) is 2.71. The summed E-state index contributed by atoms with van der Waals surface area (Å²) < 4.78 is 1.58. The van der Waals surface area contributed by atoms with Crippen molar-refractivity contribution in [2.75, 3.05) is 6.54 Å². The van der Waals surface area contributed by atoms with Crippen molar-refractivity contribution in [3.8, 4) is 0 Å². The molecule has 8 nitrogen and oxygen atoms in total. The lowest BCUT2D eigenvalue weighted by molar-refractivity contribution is -0.139.